The maximum absolute atomic E-state index is 13.4. The Morgan fingerprint density at radius 1 is 1.47 bits per heavy atom. The molecule has 82 valence electrons. The molecule has 0 radical (unpaired) electrons. The molecule has 0 unspecified atom stereocenters. The van der Waals surface area contributed by atoms with E-state index >= 15 is 0 Å². The summed E-state index contributed by atoms with van der Waals surface area (Å²) in [5.41, 5.74) is -0.313. The van der Waals surface area contributed by atoms with Gasteiger partial charge in [-0.05, 0) is 18.9 Å². The predicted octanol–water partition coefficient (Wildman–Crippen LogP) is 1.61. The van der Waals surface area contributed by atoms with Crippen molar-refractivity contribution in [2.75, 3.05) is 7.11 Å². The maximum Gasteiger partial charge on any atom is 0.206 e. The molecule has 1 fully saturated rings. The van der Waals surface area contributed by atoms with E-state index in [1.54, 1.807) is 6.07 Å². The van der Waals surface area contributed by atoms with E-state index in [1.165, 1.54) is 13.2 Å². The van der Waals surface area contributed by atoms with Crippen LogP contribution in [-0.2, 0) is 6.42 Å². The quantitative estimate of drug-likeness (QED) is 0.800. The number of methoxy groups -OCH3 is 1. The van der Waals surface area contributed by atoms with Gasteiger partial charge in [0, 0.05) is 12.0 Å². The van der Waals surface area contributed by atoms with Gasteiger partial charge in [-0.1, -0.05) is 6.07 Å². The summed E-state index contributed by atoms with van der Waals surface area (Å²) in [7, 11) is 1.34. The van der Waals surface area contributed by atoms with Crippen LogP contribution in [0, 0.1) is 5.82 Å². The van der Waals surface area contributed by atoms with Gasteiger partial charge in [0.2, 0.25) is 5.82 Å². The maximum atomic E-state index is 13.4. The summed E-state index contributed by atoms with van der Waals surface area (Å²) >= 11 is 0. The van der Waals surface area contributed by atoms with Crippen molar-refractivity contribution in [3.63, 3.8) is 0 Å². The van der Waals surface area contributed by atoms with Gasteiger partial charge in [-0.2, -0.15) is 4.39 Å². The normalized spacial score (nSPS) is 17.5. The molecule has 0 aromatic heterocycles. The molecular formula is C11H13FO3. The van der Waals surface area contributed by atoms with Crippen LogP contribution in [0.2, 0.25) is 0 Å². The monoisotopic (exact) mass is 212 g/mol. The van der Waals surface area contributed by atoms with Gasteiger partial charge in [-0.3, -0.25) is 0 Å². The van der Waals surface area contributed by atoms with Gasteiger partial charge < -0.3 is 14.9 Å². The summed E-state index contributed by atoms with van der Waals surface area (Å²) in [6.07, 6.45) is 1.71. The average Bonchev–Trinajstić information content (AvgIpc) is 2.92. The lowest BCUT2D eigenvalue weighted by molar-refractivity contribution is 0.149. The molecule has 0 heterocycles. The smallest absolute Gasteiger partial charge is 0.206 e. The van der Waals surface area contributed by atoms with Gasteiger partial charge in [0.1, 0.15) is 0 Å². The summed E-state index contributed by atoms with van der Waals surface area (Å²) in [6, 6.07) is 3.03. The topological polar surface area (TPSA) is 49.7 Å². The lowest BCUT2D eigenvalue weighted by Gasteiger charge is -2.11. The molecule has 0 spiro atoms. The number of halogens is 1. The van der Waals surface area contributed by atoms with E-state index in [1.807, 2.05) is 0 Å². The van der Waals surface area contributed by atoms with E-state index in [9.17, 15) is 14.6 Å². The zero-order chi connectivity index (χ0) is 11.1. The zero-order valence-corrected chi connectivity index (χ0v) is 8.46. The summed E-state index contributed by atoms with van der Waals surface area (Å²) in [5, 5.41) is 19.2. The van der Waals surface area contributed by atoms with Crippen LogP contribution < -0.4 is 4.74 Å². The molecule has 15 heavy (non-hydrogen) atoms. The van der Waals surface area contributed by atoms with Gasteiger partial charge in [0.25, 0.3) is 0 Å². The minimum absolute atomic E-state index is 0.0130. The Morgan fingerprint density at radius 2 is 2.13 bits per heavy atom. The highest BCUT2D eigenvalue weighted by molar-refractivity contribution is 5.42. The Labute approximate surface area is 87.1 Å². The summed E-state index contributed by atoms with van der Waals surface area (Å²) in [4.78, 5) is 0. The number of hydrogen-bond donors (Lipinski definition) is 2. The molecule has 0 atom stereocenters. The molecule has 1 aliphatic carbocycles. The highest BCUT2D eigenvalue weighted by Crippen LogP contribution is 2.41. The van der Waals surface area contributed by atoms with Crippen molar-refractivity contribution in [1.82, 2.24) is 0 Å². The third kappa shape index (κ3) is 1.90. The van der Waals surface area contributed by atoms with Crippen molar-refractivity contribution >= 4 is 0 Å². The van der Waals surface area contributed by atoms with Crippen molar-refractivity contribution in [1.29, 1.82) is 0 Å². The van der Waals surface area contributed by atoms with Crippen molar-refractivity contribution in [2.24, 2.45) is 0 Å². The van der Waals surface area contributed by atoms with E-state index in [2.05, 4.69) is 0 Å². The molecular weight excluding hydrogens is 199 g/mol. The fourth-order valence-electron chi connectivity index (χ4n) is 1.56. The van der Waals surface area contributed by atoms with Crippen LogP contribution in [0.15, 0.2) is 12.1 Å². The Hall–Kier alpha value is -1.29. The molecule has 1 saturated carbocycles. The molecule has 2 N–H and O–H groups in total. The average molecular weight is 212 g/mol. The Morgan fingerprint density at radius 3 is 2.67 bits per heavy atom. The van der Waals surface area contributed by atoms with Crippen LogP contribution in [0.3, 0.4) is 0 Å². The third-order valence-electron chi connectivity index (χ3n) is 2.73. The molecule has 1 aromatic rings. The molecule has 1 aromatic carbocycles. The molecule has 3 nitrogen and oxygen atoms in total. The van der Waals surface area contributed by atoms with Crippen molar-refractivity contribution in [3.8, 4) is 11.5 Å². The number of aromatic hydroxyl groups is 1. The summed E-state index contributed by atoms with van der Waals surface area (Å²) in [5.74, 6) is -1.17. The van der Waals surface area contributed by atoms with Gasteiger partial charge in [0.15, 0.2) is 11.5 Å². The summed E-state index contributed by atoms with van der Waals surface area (Å²) in [6.45, 7) is 0. The predicted molar refractivity (Wildman–Crippen MR) is 52.5 cm³/mol. The minimum atomic E-state index is -0.765. The first-order chi connectivity index (χ1) is 7.06. The largest absolute Gasteiger partial charge is 0.505 e. The van der Waals surface area contributed by atoms with E-state index in [0.29, 0.717) is 24.8 Å². The van der Waals surface area contributed by atoms with Crippen LogP contribution in [0.5, 0.6) is 11.5 Å². The first kappa shape index (κ1) is 10.2. The molecule has 0 amide bonds. The van der Waals surface area contributed by atoms with Gasteiger partial charge in [0.05, 0.1) is 12.7 Å². The van der Waals surface area contributed by atoms with Gasteiger partial charge in [-0.25, -0.2) is 0 Å². The van der Waals surface area contributed by atoms with E-state index in [-0.39, 0.29) is 5.75 Å². The highest BCUT2D eigenvalue weighted by Gasteiger charge is 2.41. The van der Waals surface area contributed by atoms with Gasteiger partial charge in [-0.15, -0.1) is 0 Å². The second-order valence-electron chi connectivity index (χ2n) is 3.99. The van der Waals surface area contributed by atoms with E-state index < -0.39 is 17.2 Å². The number of rotatable bonds is 3. The number of phenols is 1. The number of benzene rings is 1. The van der Waals surface area contributed by atoms with Crippen LogP contribution in [0.25, 0.3) is 0 Å². The second kappa shape index (κ2) is 3.38. The van der Waals surface area contributed by atoms with E-state index in [4.69, 9.17) is 4.74 Å². The molecule has 0 saturated heterocycles. The Balaban J connectivity index is 2.29. The Kier molecular flexibility index (Phi) is 2.31. The number of aliphatic hydroxyl groups is 1. The lowest BCUT2D eigenvalue weighted by atomic mass is 10.0. The SMILES string of the molecule is COc1ccc(CC2(O)CC2)c(O)c1F. The zero-order valence-electron chi connectivity index (χ0n) is 8.46. The molecule has 4 heteroatoms. The third-order valence-corrected chi connectivity index (χ3v) is 2.73. The summed E-state index contributed by atoms with van der Waals surface area (Å²) < 4.78 is 18.1. The molecule has 2 rings (SSSR count). The lowest BCUT2D eigenvalue weighted by Crippen LogP contribution is -2.11. The van der Waals surface area contributed by atoms with E-state index in [0.717, 1.165) is 0 Å². The number of phenolic OH excluding ortho intramolecular Hbond substituents is 1. The van der Waals surface area contributed by atoms with Gasteiger partial charge >= 0.3 is 0 Å². The fourth-order valence-corrected chi connectivity index (χ4v) is 1.56. The highest BCUT2D eigenvalue weighted by atomic mass is 19.1. The van der Waals surface area contributed by atoms with Crippen LogP contribution >= 0.6 is 0 Å². The minimum Gasteiger partial charge on any atom is -0.505 e. The fraction of sp³-hybridized carbons (Fsp3) is 0.455. The molecule has 0 aliphatic heterocycles. The molecule has 1 aliphatic rings. The molecule has 0 bridgehead atoms. The standard InChI is InChI=1S/C11H13FO3/c1-15-8-3-2-7(10(13)9(8)12)6-11(14)4-5-11/h2-3,13-14H,4-6H2,1H3. The van der Waals surface area contributed by atoms with Crippen molar-refractivity contribution in [3.05, 3.63) is 23.5 Å². The van der Waals surface area contributed by atoms with Crippen LogP contribution in [0.1, 0.15) is 18.4 Å². The van der Waals surface area contributed by atoms with Crippen molar-refractivity contribution in [2.45, 2.75) is 24.9 Å². The first-order valence-electron chi connectivity index (χ1n) is 4.82. The van der Waals surface area contributed by atoms with Crippen LogP contribution in [-0.4, -0.2) is 22.9 Å². The Bertz CT molecular complexity index is 386. The second-order valence-corrected chi connectivity index (χ2v) is 3.99. The number of ether oxygens (including phenoxy) is 1. The van der Waals surface area contributed by atoms with Crippen molar-refractivity contribution < 1.29 is 19.3 Å². The first-order valence-corrected chi connectivity index (χ1v) is 4.82. The number of hydrogen-bond acceptors (Lipinski definition) is 3. The van der Waals surface area contributed by atoms with Crippen LogP contribution in [0.4, 0.5) is 4.39 Å².